The quantitative estimate of drug-likeness (QED) is 0.911. The van der Waals surface area contributed by atoms with Crippen LogP contribution in [0.3, 0.4) is 0 Å². The fourth-order valence-electron chi connectivity index (χ4n) is 3.17. The molecule has 0 saturated heterocycles. The highest BCUT2D eigenvalue weighted by molar-refractivity contribution is 5.95. The zero-order valence-electron chi connectivity index (χ0n) is 14.7. The molecule has 5 heteroatoms. The first-order chi connectivity index (χ1) is 10.7. The van der Waals surface area contributed by atoms with Crippen molar-refractivity contribution in [3.8, 4) is 0 Å². The van der Waals surface area contributed by atoms with Gasteiger partial charge in [-0.1, -0.05) is 0 Å². The van der Waals surface area contributed by atoms with E-state index in [1.54, 1.807) is 0 Å². The van der Waals surface area contributed by atoms with Gasteiger partial charge in [-0.25, -0.2) is 0 Å². The molecular weight excluding hydrogens is 290 g/mol. The molecule has 2 N–H and O–H groups in total. The van der Waals surface area contributed by atoms with Crippen LogP contribution in [0.15, 0.2) is 16.9 Å². The van der Waals surface area contributed by atoms with Crippen molar-refractivity contribution in [3.05, 3.63) is 56.3 Å². The van der Waals surface area contributed by atoms with Crippen molar-refractivity contribution in [2.75, 3.05) is 0 Å². The molecule has 0 radical (unpaired) electrons. The molecule has 0 aliphatic carbocycles. The Morgan fingerprint density at radius 1 is 1.22 bits per heavy atom. The van der Waals surface area contributed by atoms with E-state index < -0.39 is 0 Å². The molecule has 23 heavy (non-hydrogen) atoms. The van der Waals surface area contributed by atoms with E-state index in [1.807, 2.05) is 39.8 Å². The second-order valence-electron chi connectivity index (χ2n) is 6.37. The summed E-state index contributed by atoms with van der Waals surface area (Å²) in [7, 11) is 0. The average Bonchev–Trinajstić information content (AvgIpc) is 2.72. The zero-order chi connectivity index (χ0) is 17.3. The molecule has 2 heterocycles. The third-order valence-corrected chi connectivity index (χ3v) is 4.16. The van der Waals surface area contributed by atoms with Crippen molar-refractivity contribution in [3.63, 3.8) is 0 Å². The Labute approximate surface area is 136 Å². The third-order valence-electron chi connectivity index (χ3n) is 4.16. The Balaban J connectivity index is 2.22. The molecule has 2 aromatic rings. The number of carbonyl (C=O) groups is 1. The molecule has 2 aromatic heterocycles. The normalized spacial score (nSPS) is 11.1. The fraction of sp³-hybridized carbons (Fsp3) is 0.444. The fourth-order valence-corrected chi connectivity index (χ4v) is 3.17. The highest BCUT2D eigenvalue weighted by Crippen LogP contribution is 2.20. The van der Waals surface area contributed by atoms with Crippen molar-refractivity contribution in [1.82, 2.24) is 14.9 Å². The summed E-state index contributed by atoms with van der Waals surface area (Å²) >= 11 is 0. The second-order valence-corrected chi connectivity index (χ2v) is 6.37. The van der Waals surface area contributed by atoms with Gasteiger partial charge in [0.15, 0.2) is 0 Å². The van der Waals surface area contributed by atoms with Crippen LogP contribution in [-0.2, 0) is 6.54 Å². The van der Waals surface area contributed by atoms with E-state index in [9.17, 15) is 9.59 Å². The minimum absolute atomic E-state index is 0.143. The summed E-state index contributed by atoms with van der Waals surface area (Å²) in [6.07, 6.45) is 0. The van der Waals surface area contributed by atoms with Crippen LogP contribution in [-0.4, -0.2) is 15.5 Å². The highest BCUT2D eigenvalue weighted by atomic mass is 16.1. The van der Waals surface area contributed by atoms with Crippen molar-refractivity contribution in [2.45, 2.75) is 54.1 Å². The molecule has 0 spiro atoms. The van der Waals surface area contributed by atoms with Gasteiger partial charge in [0.05, 0.1) is 5.56 Å². The van der Waals surface area contributed by atoms with Gasteiger partial charge in [0.25, 0.3) is 11.5 Å². The van der Waals surface area contributed by atoms with E-state index in [4.69, 9.17) is 0 Å². The minimum Gasteiger partial charge on any atom is -0.348 e. The SMILES string of the molecule is Cc1cc(C)c(CNC(=O)c2cc(C)n(C(C)C)c2C)c(=O)[nH]1. The highest BCUT2D eigenvalue weighted by Gasteiger charge is 2.17. The minimum atomic E-state index is -0.149. The van der Waals surface area contributed by atoms with Crippen molar-refractivity contribution in [1.29, 1.82) is 0 Å². The summed E-state index contributed by atoms with van der Waals surface area (Å²) in [6.45, 7) is 12.1. The molecule has 0 saturated carbocycles. The van der Waals surface area contributed by atoms with Gasteiger partial charge in [-0.15, -0.1) is 0 Å². The van der Waals surface area contributed by atoms with Gasteiger partial charge in [-0.2, -0.15) is 0 Å². The summed E-state index contributed by atoms with van der Waals surface area (Å²) in [5.41, 5.74) is 4.84. The van der Waals surface area contributed by atoms with Gasteiger partial charge in [-0.3, -0.25) is 9.59 Å². The molecule has 0 unspecified atom stereocenters. The van der Waals surface area contributed by atoms with Crippen LogP contribution in [0.1, 0.15) is 58.5 Å². The average molecular weight is 315 g/mol. The van der Waals surface area contributed by atoms with Crippen molar-refractivity contribution in [2.24, 2.45) is 0 Å². The molecule has 0 aromatic carbocycles. The van der Waals surface area contributed by atoms with Gasteiger partial charge in [0.1, 0.15) is 0 Å². The number of aromatic amines is 1. The van der Waals surface area contributed by atoms with Gasteiger partial charge >= 0.3 is 0 Å². The van der Waals surface area contributed by atoms with Gasteiger partial charge in [-0.05, 0) is 59.2 Å². The standard InChI is InChI=1S/C18H25N3O2/c1-10(2)21-13(5)8-15(14(21)6)17(22)19-9-16-11(3)7-12(4)20-18(16)23/h7-8,10H,9H2,1-6H3,(H,19,22)(H,20,23). The Kier molecular flexibility index (Phi) is 4.78. The predicted octanol–water partition coefficient (Wildman–Crippen LogP) is 2.92. The summed E-state index contributed by atoms with van der Waals surface area (Å²) in [4.78, 5) is 27.3. The monoisotopic (exact) mass is 315 g/mol. The Hall–Kier alpha value is -2.30. The van der Waals surface area contributed by atoms with E-state index in [1.165, 1.54) is 0 Å². The van der Waals surface area contributed by atoms with Gasteiger partial charge < -0.3 is 14.9 Å². The number of pyridine rings is 1. The largest absolute Gasteiger partial charge is 0.348 e. The van der Waals surface area contributed by atoms with Crippen molar-refractivity contribution >= 4 is 5.91 Å². The van der Waals surface area contributed by atoms with Crippen LogP contribution in [0.4, 0.5) is 0 Å². The lowest BCUT2D eigenvalue weighted by molar-refractivity contribution is 0.0950. The summed E-state index contributed by atoms with van der Waals surface area (Å²) < 4.78 is 2.14. The molecule has 0 bridgehead atoms. The van der Waals surface area contributed by atoms with E-state index in [-0.39, 0.29) is 18.0 Å². The number of nitrogens with one attached hydrogen (secondary N) is 2. The Morgan fingerprint density at radius 3 is 2.39 bits per heavy atom. The lowest BCUT2D eigenvalue weighted by atomic mass is 10.1. The molecule has 124 valence electrons. The number of H-pyrrole nitrogens is 1. The number of rotatable bonds is 4. The smallest absolute Gasteiger partial charge is 0.253 e. The Bertz CT molecular complexity index is 797. The van der Waals surface area contributed by atoms with Crippen molar-refractivity contribution < 1.29 is 4.79 Å². The molecular formula is C18H25N3O2. The molecule has 0 atom stereocenters. The van der Waals surface area contributed by atoms with Crippen LogP contribution in [0, 0.1) is 27.7 Å². The number of amides is 1. The number of nitrogens with zero attached hydrogens (tertiary/aromatic N) is 1. The van der Waals surface area contributed by atoms with Crippen LogP contribution in [0.25, 0.3) is 0 Å². The maximum absolute atomic E-state index is 12.5. The van der Waals surface area contributed by atoms with Crippen LogP contribution in [0.5, 0.6) is 0 Å². The van der Waals surface area contributed by atoms with Gasteiger partial charge in [0.2, 0.25) is 0 Å². The topological polar surface area (TPSA) is 66.9 Å². The van der Waals surface area contributed by atoms with E-state index >= 15 is 0 Å². The van der Waals surface area contributed by atoms with Crippen LogP contribution >= 0.6 is 0 Å². The predicted molar refractivity (Wildman–Crippen MR) is 92.0 cm³/mol. The molecule has 0 aliphatic rings. The maximum Gasteiger partial charge on any atom is 0.253 e. The number of aromatic nitrogens is 2. The molecule has 2 rings (SSSR count). The van der Waals surface area contributed by atoms with E-state index in [0.717, 1.165) is 22.6 Å². The lowest BCUT2D eigenvalue weighted by Gasteiger charge is -2.13. The molecule has 0 aliphatic heterocycles. The number of carbonyl (C=O) groups excluding carboxylic acids is 1. The number of hydrogen-bond acceptors (Lipinski definition) is 2. The number of aryl methyl sites for hydroxylation is 3. The molecule has 1 amide bonds. The Morgan fingerprint density at radius 2 is 1.87 bits per heavy atom. The summed E-state index contributed by atoms with van der Waals surface area (Å²) in [5.74, 6) is -0.149. The first-order valence-corrected chi connectivity index (χ1v) is 7.88. The number of hydrogen-bond donors (Lipinski definition) is 2. The van der Waals surface area contributed by atoms with E-state index in [0.29, 0.717) is 17.2 Å². The third kappa shape index (κ3) is 3.38. The first-order valence-electron chi connectivity index (χ1n) is 7.88. The molecule has 0 fully saturated rings. The molecule has 5 nitrogen and oxygen atoms in total. The summed E-state index contributed by atoms with van der Waals surface area (Å²) in [6, 6.07) is 4.11. The van der Waals surface area contributed by atoms with E-state index in [2.05, 4.69) is 28.7 Å². The zero-order valence-corrected chi connectivity index (χ0v) is 14.7. The lowest BCUT2D eigenvalue weighted by Crippen LogP contribution is -2.28. The second kappa shape index (κ2) is 6.44. The van der Waals surface area contributed by atoms with Crippen LogP contribution in [0.2, 0.25) is 0 Å². The van der Waals surface area contributed by atoms with Gasteiger partial charge in [0, 0.05) is 35.2 Å². The first kappa shape index (κ1) is 17.1. The summed E-state index contributed by atoms with van der Waals surface area (Å²) in [5, 5.41) is 2.86. The van der Waals surface area contributed by atoms with Crippen LogP contribution < -0.4 is 10.9 Å². The maximum atomic E-state index is 12.5.